The summed E-state index contributed by atoms with van der Waals surface area (Å²) in [5, 5.41) is 8.29. The Morgan fingerprint density at radius 2 is 1.21 bits per heavy atom. The molecule has 0 radical (unpaired) electrons. The van der Waals surface area contributed by atoms with Crippen LogP contribution < -0.4 is 0 Å². The fraction of sp³-hybridized carbons (Fsp3) is 0.172. The molecule has 0 N–H and O–H groups in total. The van der Waals surface area contributed by atoms with Crippen LogP contribution in [0.1, 0.15) is 42.9 Å². The van der Waals surface area contributed by atoms with Crippen LogP contribution in [0.2, 0.25) is 0 Å². The number of fused-ring (bicyclic) bond motifs is 6. The molecule has 5 aromatic rings. The van der Waals surface area contributed by atoms with E-state index < -0.39 is 0 Å². The molecule has 5 aromatic carbocycles. The van der Waals surface area contributed by atoms with Crippen LogP contribution >= 0.6 is 0 Å². The molecular formula is C29H26. The molecule has 1 atom stereocenters. The minimum atomic E-state index is 0. The minimum absolute atomic E-state index is 0. The van der Waals surface area contributed by atoms with Gasteiger partial charge in [-0.05, 0) is 68.3 Å². The third-order valence-corrected chi connectivity index (χ3v) is 6.57. The Kier molecular flexibility index (Phi) is 4.36. The molecule has 0 spiro atoms. The van der Waals surface area contributed by atoms with Gasteiger partial charge in [0, 0.05) is 5.92 Å². The van der Waals surface area contributed by atoms with Crippen molar-refractivity contribution < 1.29 is 0 Å². The van der Waals surface area contributed by atoms with Crippen molar-refractivity contribution in [2.75, 3.05) is 0 Å². The Bertz CT molecular complexity index is 1340. The summed E-state index contributed by atoms with van der Waals surface area (Å²) in [6.45, 7) is 0. The second kappa shape index (κ2) is 7.04. The Morgan fingerprint density at radius 3 is 2.07 bits per heavy atom. The molecular weight excluding hydrogens is 348 g/mol. The van der Waals surface area contributed by atoms with Crippen molar-refractivity contribution in [1.82, 2.24) is 0 Å². The fourth-order valence-electron chi connectivity index (χ4n) is 5.29. The highest BCUT2D eigenvalue weighted by atomic mass is 14.3. The highest BCUT2D eigenvalue weighted by Gasteiger charge is 2.24. The highest BCUT2D eigenvalue weighted by molar-refractivity contribution is 6.08. The minimum Gasteiger partial charge on any atom is -0.0776 e. The van der Waals surface area contributed by atoms with Gasteiger partial charge >= 0.3 is 0 Å². The number of benzene rings is 5. The maximum atomic E-state index is 2.41. The third kappa shape index (κ3) is 2.75. The Hall–Kier alpha value is -3.12. The highest BCUT2D eigenvalue weighted by Crippen LogP contribution is 2.42. The lowest BCUT2D eigenvalue weighted by molar-refractivity contribution is 0.622. The molecule has 0 amide bonds. The SMILES string of the molecule is C.c1ccc2c(C3CCCc4c3ccc3c4ccc4ccccc43)cccc2c1. The summed E-state index contributed by atoms with van der Waals surface area (Å²) in [5.74, 6) is 0.491. The standard InChI is InChI=1S/C28H22.CH4/c1-3-10-21-19(7-1)9-5-12-23(21)24-13-6-14-25-27-16-15-20-8-2-4-11-22(20)26(27)17-18-28(24)25;/h1-5,7-12,15-18,24H,6,13-14H2;1H4. The molecule has 6 rings (SSSR count). The van der Waals surface area contributed by atoms with E-state index in [4.69, 9.17) is 0 Å². The summed E-state index contributed by atoms with van der Waals surface area (Å²) in [4.78, 5) is 0. The maximum absolute atomic E-state index is 2.41. The number of rotatable bonds is 1. The van der Waals surface area contributed by atoms with Crippen molar-refractivity contribution in [3.8, 4) is 0 Å². The van der Waals surface area contributed by atoms with Gasteiger partial charge in [-0.25, -0.2) is 0 Å². The average molecular weight is 375 g/mol. The van der Waals surface area contributed by atoms with Crippen molar-refractivity contribution in [3.05, 3.63) is 108 Å². The van der Waals surface area contributed by atoms with Crippen LogP contribution in [0.5, 0.6) is 0 Å². The monoisotopic (exact) mass is 374 g/mol. The number of hydrogen-bond donors (Lipinski definition) is 0. The molecule has 1 aliphatic rings. The number of hydrogen-bond acceptors (Lipinski definition) is 0. The summed E-state index contributed by atoms with van der Waals surface area (Å²) in [6.07, 6.45) is 3.68. The van der Waals surface area contributed by atoms with Crippen LogP contribution in [-0.4, -0.2) is 0 Å². The lowest BCUT2D eigenvalue weighted by Crippen LogP contribution is -2.12. The van der Waals surface area contributed by atoms with Crippen molar-refractivity contribution in [2.24, 2.45) is 0 Å². The molecule has 0 saturated heterocycles. The Balaban J connectivity index is 0.00000181. The van der Waals surface area contributed by atoms with Gasteiger partial charge in [0.05, 0.1) is 0 Å². The van der Waals surface area contributed by atoms with Crippen LogP contribution in [-0.2, 0) is 6.42 Å². The van der Waals surface area contributed by atoms with Crippen LogP contribution in [0.3, 0.4) is 0 Å². The van der Waals surface area contributed by atoms with Gasteiger partial charge < -0.3 is 0 Å². The zero-order valence-electron chi connectivity index (χ0n) is 15.9. The van der Waals surface area contributed by atoms with E-state index in [1.807, 2.05) is 0 Å². The lowest BCUT2D eigenvalue weighted by atomic mass is 9.76. The van der Waals surface area contributed by atoms with E-state index in [0.29, 0.717) is 5.92 Å². The van der Waals surface area contributed by atoms with Crippen LogP contribution in [0.15, 0.2) is 91.0 Å². The molecule has 0 heteroatoms. The first kappa shape index (κ1) is 17.9. The number of aryl methyl sites for hydroxylation is 1. The smallest absolute Gasteiger partial charge is 0.00985 e. The zero-order chi connectivity index (χ0) is 18.5. The van der Waals surface area contributed by atoms with Gasteiger partial charge in [-0.2, -0.15) is 0 Å². The second-order valence-electron chi connectivity index (χ2n) is 8.03. The molecule has 142 valence electrons. The van der Waals surface area contributed by atoms with E-state index in [-0.39, 0.29) is 7.43 Å². The van der Waals surface area contributed by atoms with Crippen molar-refractivity contribution >= 4 is 32.3 Å². The van der Waals surface area contributed by atoms with Gasteiger partial charge in [0.15, 0.2) is 0 Å². The van der Waals surface area contributed by atoms with E-state index in [1.54, 1.807) is 5.56 Å². The van der Waals surface area contributed by atoms with E-state index in [0.717, 1.165) is 0 Å². The summed E-state index contributed by atoms with van der Waals surface area (Å²) < 4.78 is 0. The Morgan fingerprint density at radius 1 is 0.517 bits per heavy atom. The van der Waals surface area contributed by atoms with E-state index in [1.165, 1.54) is 62.7 Å². The first-order chi connectivity index (χ1) is 13.9. The fourth-order valence-corrected chi connectivity index (χ4v) is 5.29. The molecule has 0 fully saturated rings. The predicted molar refractivity (Wildman–Crippen MR) is 127 cm³/mol. The van der Waals surface area contributed by atoms with Crippen molar-refractivity contribution in [2.45, 2.75) is 32.6 Å². The zero-order valence-corrected chi connectivity index (χ0v) is 15.9. The first-order valence-electron chi connectivity index (χ1n) is 10.3. The Labute approximate surface area is 172 Å². The molecule has 0 aliphatic heterocycles. The van der Waals surface area contributed by atoms with Crippen LogP contribution in [0, 0.1) is 0 Å². The van der Waals surface area contributed by atoms with E-state index in [2.05, 4.69) is 91.0 Å². The molecule has 0 heterocycles. The molecule has 29 heavy (non-hydrogen) atoms. The molecule has 1 aliphatic carbocycles. The van der Waals surface area contributed by atoms with Gasteiger partial charge in [0.2, 0.25) is 0 Å². The molecule has 0 aromatic heterocycles. The van der Waals surface area contributed by atoms with Gasteiger partial charge in [-0.1, -0.05) is 98.4 Å². The summed E-state index contributed by atoms with van der Waals surface area (Å²) in [5.41, 5.74) is 4.58. The summed E-state index contributed by atoms with van der Waals surface area (Å²) in [6, 6.07) is 33.8. The third-order valence-electron chi connectivity index (χ3n) is 6.57. The quantitative estimate of drug-likeness (QED) is 0.259. The van der Waals surface area contributed by atoms with Crippen LogP contribution in [0.25, 0.3) is 32.3 Å². The largest absolute Gasteiger partial charge is 0.0776 e. The van der Waals surface area contributed by atoms with E-state index >= 15 is 0 Å². The van der Waals surface area contributed by atoms with E-state index in [9.17, 15) is 0 Å². The molecule has 0 bridgehead atoms. The van der Waals surface area contributed by atoms with Gasteiger partial charge in [-0.3, -0.25) is 0 Å². The van der Waals surface area contributed by atoms with Crippen molar-refractivity contribution in [3.63, 3.8) is 0 Å². The van der Waals surface area contributed by atoms with Gasteiger partial charge in [0.25, 0.3) is 0 Å². The topological polar surface area (TPSA) is 0 Å². The van der Waals surface area contributed by atoms with Crippen molar-refractivity contribution in [1.29, 1.82) is 0 Å². The summed E-state index contributed by atoms with van der Waals surface area (Å²) >= 11 is 0. The molecule has 0 saturated carbocycles. The normalized spacial score (nSPS) is 15.9. The second-order valence-corrected chi connectivity index (χ2v) is 8.03. The predicted octanol–water partition coefficient (Wildman–Crippen LogP) is 8.25. The first-order valence-corrected chi connectivity index (χ1v) is 10.3. The van der Waals surface area contributed by atoms with Crippen LogP contribution in [0.4, 0.5) is 0 Å². The van der Waals surface area contributed by atoms with Gasteiger partial charge in [-0.15, -0.1) is 0 Å². The average Bonchev–Trinajstić information content (AvgIpc) is 2.78. The molecule has 1 unspecified atom stereocenters. The maximum Gasteiger partial charge on any atom is 0.00985 e. The molecule has 0 nitrogen and oxygen atoms in total. The summed E-state index contributed by atoms with van der Waals surface area (Å²) in [7, 11) is 0. The lowest BCUT2D eigenvalue weighted by Gasteiger charge is -2.28. The van der Waals surface area contributed by atoms with Gasteiger partial charge in [0.1, 0.15) is 0 Å².